The van der Waals surface area contributed by atoms with Gasteiger partial charge in [-0.2, -0.15) is 40.5 Å². The second kappa shape index (κ2) is 19.3. The number of thiazole rings is 1. The Morgan fingerprint density at radius 1 is 1.18 bits per heavy atom. The van der Waals surface area contributed by atoms with Gasteiger partial charge >= 0.3 is 5.97 Å². The number of fused-ring (bicyclic) bond motifs is 6. The number of aromatic nitrogens is 3. The Kier molecular flexibility index (Phi) is 15.7. The number of carbonyl (C=O) groups is 3. The van der Waals surface area contributed by atoms with Gasteiger partial charge in [0.2, 0.25) is 0 Å². The van der Waals surface area contributed by atoms with Crippen LogP contribution in [0.1, 0.15) is 75.7 Å². The molecule has 0 aliphatic carbocycles. The van der Waals surface area contributed by atoms with Gasteiger partial charge in [0.1, 0.15) is 12.1 Å². The normalized spacial score (nSPS) is 21.2. The van der Waals surface area contributed by atoms with E-state index in [-0.39, 0.29) is 72.5 Å². The summed E-state index contributed by atoms with van der Waals surface area (Å²) in [6, 6.07) is 8.52. The standard InChI is InChI=1S/C40H50FN7O5S.3H2S/c1-6-47-32-12-11-25-19-27(32)28(35(47)26-9-7-15-43-34(26)24(2)52-5)21-39(3,4)23-53-37(50)29-10-8-18-48(46-29)36(49)30(20-33-44-31(25)22-54-33)45-38(51)40(41)13-16-42-17-14-40;;;/h7,9,11-12,15,19,22,24,29-30,42,46H,6,8,10,13-14,16-18,20-21,23H2,1-5H3,(H,45,51);3*1H2/t24-,29-,30-;;;/m0.../s1. The van der Waals surface area contributed by atoms with Crippen LogP contribution in [-0.2, 0) is 43.2 Å². The van der Waals surface area contributed by atoms with Crippen LogP contribution < -0.4 is 16.1 Å². The van der Waals surface area contributed by atoms with Crippen molar-refractivity contribution in [2.75, 3.05) is 33.4 Å². The quantitative estimate of drug-likeness (QED) is 0.211. The minimum absolute atomic E-state index is 0. The number of nitrogens with one attached hydrogen (secondary N) is 3. The smallest absolute Gasteiger partial charge is 0.324 e. The summed E-state index contributed by atoms with van der Waals surface area (Å²) in [7, 11) is 1.68. The van der Waals surface area contributed by atoms with E-state index in [9.17, 15) is 14.4 Å². The molecule has 0 unspecified atom stereocenters. The molecule has 7 rings (SSSR count). The fourth-order valence-corrected chi connectivity index (χ4v) is 8.75. The molecule has 3 aliphatic heterocycles. The predicted octanol–water partition coefficient (Wildman–Crippen LogP) is 5.63. The first-order valence-corrected chi connectivity index (χ1v) is 19.8. The van der Waals surface area contributed by atoms with E-state index in [0.29, 0.717) is 50.4 Å². The van der Waals surface area contributed by atoms with Crippen molar-refractivity contribution >= 4 is 80.5 Å². The van der Waals surface area contributed by atoms with E-state index in [4.69, 9.17) is 19.4 Å². The van der Waals surface area contributed by atoms with Gasteiger partial charge in [-0.15, -0.1) is 11.3 Å². The molecule has 312 valence electrons. The number of nitrogens with zero attached hydrogens (tertiary/aromatic N) is 4. The molecule has 1 aromatic carbocycles. The lowest BCUT2D eigenvalue weighted by Crippen LogP contribution is -2.62. The summed E-state index contributed by atoms with van der Waals surface area (Å²) in [6.45, 7) is 10.2. The molecule has 6 heterocycles. The predicted molar refractivity (Wildman–Crippen MR) is 236 cm³/mol. The maximum atomic E-state index is 15.8. The SMILES string of the molecule is CCn1c(-c2cccnc2[C@H](C)OC)c2c3cc(ccc31)-c1csc(n1)C[C@H](NC(=O)C1(F)CCNCC1)C(=O)N1CCC[C@H](N1)C(=O)OCC(C)(C)C2.S.S.S. The highest BCUT2D eigenvalue weighted by Crippen LogP contribution is 2.42. The summed E-state index contributed by atoms with van der Waals surface area (Å²) in [5, 5.41) is 10.9. The lowest BCUT2D eigenvalue weighted by Gasteiger charge is -2.36. The number of pyridine rings is 1. The van der Waals surface area contributed by atoms with Gasteiger partial charge in [0.25, 0.3) is 11.8 Å². The number of carbonyl (C=O) groups excluding carboxylic acids is 3. The molecular weight excluding hydrogens is 806 g/mol. The number of cyclic esters (lactones) is 1. The van der Waals surface area contributed by atoms with Crippen molar-refractivity contribution in [3.8, 4) is 22.5 Å². The summed E-state index contributed by atoms with van der Waals surface area (Å²) in [6.07, 6.45) is 3.28. The molecule has 3 aromatic heterocycles. The highest BCUT2D eigenvalue weighted by atomic mass is 32.1. The zero-order chi connectivity index (χ0) is 38.2. The first-order chi connectivity index (χ1) is 25.9. The van der Waals surface area contributed by atoms with Crippen molar-refractivity contribution in [3.63, 3.8) is 0 Å². The number of aryl methyl sites for hydroxylation is 1. The number of ether oxygens (including phenoxy) is 2. The van der Waals surface area contributed by atoms with E-state index in [0.717, 1.165) is 44.7 Å². The minimum atomic E-state index is -2.08. The molecule has 3 N–H and O–H groups in total. The number of esters is 1. The third kappa shape index (κ3) is 9.66. The van der Waals surface area contributed by atoms with Crippen molar-refractivity contribution in [3.05, 3.63) is 58.2 Å². The lowest BCUT2D eigenvalue weighted by molar-refractivity contribution is -0.155. The van der Waals surface area contributed by atoms with E-state index in [1.165, 1.54) is 16.3 Å². The Morgan fingerprint density at radius 3 is 2.65 bits per heavy atom. The van der Waals surface area contributed by atoms with Gasteiger partial charge in [0, 0.05) is 78.5 Å². The number of hydrazine groups is 1. The molecule has 0 saturated carbocycles. The van der Waals surface area contributed by atoms with Gasteiger partial charge in [-0.05, 0) is 76.0 Å². The zero-order valence-electron chi connectivity index (χ0n) is 33.2. The van der Waals surface area contributed by atoms with E-state index >= 15 is 4.39 Å². The number of methoxy groups -OCH3 is 1. The van der Waals surface area contributed by atoms with Gasteiger partial charge in [-0.25, -0.2) is 14.8 Å². The number of alkyl halides is 1. The Morgan fingerprint density at radius 2 is 1.93 bits per heavy atom. The van der Waals surface area contributed by atoms with Crippen LogP contribution in [0.5, 0.6) is 0 Å². The van der Waals surface area contributed by atoms with Crippen LogP contribution in [0.25, 0.3) is 33.4 Å². The van der Waals surface area contributed by atoms with Gasteiger partial charge in [-0.3, -0.25) is 24.4 Å². The highest BCUT2D eigenvalue weighted by Gasteiger charge is 2.43. The van der Waals surface area contributed by atoms with Crippen LogP contribution >= 0.6 is 51.8 Å². The number of piperidine rings is 1. The fraction of sp³-hybridized carbons (Fsp3) is 0.525. The summed E-state index contributed by atoms with van der Waals surface area (Å²) in [5.41, 5.74) is 7.18. The Hall–Kier alpha value is -3.19. The molecule has 0 spiro atoms. The molecule has 12 nitrogen and oxygen atoms in total. The average molecular weight is 862 g/mol. The minimum Gasteiger partial charge on any atom is -0.464 e. The molecule has 0 radical (unpaired) electrons. The molecule has 6 bridgehead atoms. The topological polar surface area (TPSA) is 140 Å². The Balaban J connectivity index is 0.00000240. The summed E-state index contributed by atoms with van der Waals surface area (Å²) in [4.78, 5) is 51.0. The van der Waals surface area contributed by atoms with Crippen molar-refractivity contribution < 1.29 is 28.2 Å². The monoisotopic (exact) mass is 861 g/mol. The molecule has 2 amide bonds. The Bertz CT molecular complexity index is 2050. The molecule has 2 saturated heterocycles. The lowest BCUT2D eigenvalue weighted by atomic mass is 9.84. The molecule has 57 heavy (non-hydrogen) atoms. The van der Waals surface area contributed by atoms with Gasteiger partial charge < -0.3 is 24.7 Å². The molecule has 3 atom stereocenters. The van der Waals surface area contributed by atoms with Gasteiger partial charge in [0.05, 0.1) is 34.8 Å². The highest BCUT2D eigenvalue weighted by molar-refractivity contribution is 7.59. The van der Waals surface area contributed by atoms with Crippen LogP contribution in [0, 0.1) is 5.41 Å². The number of benzene rings is 1. The summed E-state index contributed by atoms with van der Waals surface area (Å²) < 4.78 is 30.0. The number of hydrogen-bond acceptors (Lipinski definition) is 10. The third-order valence-electron chi connectivity index (χ3n) is 10.9. The molecular formula is C40H56FN7O5S4. The van der Waals surface area contributed by atoms with E-state index < -0.39 is 41.0 Å². The van der Waals surface area contributed by atoms with Crippen LogP contribution in [0.3, 0.4) is 0 Å². The van der Waals surface area contributed by atoms with Crippen molar-refractivity contribution in [1.29, 1.82) is 0 Å². The second-order valence-electron chi connectivity index (χ2n) is 15.5. The summed E-state index contributed by atoms with van der Waals surface area (Å²) >= 11 is 1.39. The summed E-state index contributed by atoms with van der Waals surface area (Å²) in [5.74, 6) is -1.71. The Labute approximate surface area is 358 Å². The van der Waals surface area contributed by atoms with E-state index in [2.05, 4.69) is 65.7 Å². The molecule has 4 aromatic rings. The first-order valence-electron chi connectivity index (χ1n) is 18.9. The van der Waals surface area contributed by atoms with Gasteiger partial charge in [-0.1, -0.05) is 19.9 Å². The van der Waals surface area contributed by atoms with Crippen molar-refractivity contribution in [2.45, 2.75) is 96.6 Å². The maximum Gasteiger partial charge on any atom is 0.324 e. The number of hydrogen-bond donors (Lipinski definition) is 3. The molecule has 3 aliphatic rings. The maximum absolute atomic E-state index is 15.8. The number of halogens is 1. The average Bonchev–Trinajstić information content (AvgIpc) is 3.77. The molecule has 2 fully saturated rings. The number of amides is 2. The van der Waals surface area contributed by atoms with E-state index in [1.54, 1.807) is 13.3 Å². The fourth-order valence-electron chi connectivity index (χ4n) is 7.90. The number of rotatable bonds is 6. The largest absolute Gasteiger partial charge is 0.464 e. The first kappa shape index (κ1) is 46.5. The van der Waals surface area contributed by atoms with E-state index in [1.807, 2.05) is 18.4 Å². The van der Waals surface area contributed by atoms with Crippen LogP contribution in [0.2, 0.25) is 0 Å². The van der Waals surface area contributed by atoms with Crippen LogP contribution in [0.4, 0.5) is 4.39 Å². The van der Waals surface area contributed by atoms with Crippen molar-refractivity contribution in [1.82, 2.24) is 35.6 Å². The zero-order valence-corrected chi connectivity index (χ0v) is 37.0. The van der Waals surface area contributed by atoms with Crippen LogP contribution in [-0.4, -0.2) is 88.4 Å². The second-order valence-corrected chi connectivity index (χ2v) is 16.4. The molecule has 17 heteroatoms. The van der Waals surface area contributed by atoms with Crippen molar-refractivity contribution in [2.24, 2.45) is 5.41 Å². The van der Waals surface area contributed by atoms with Crippen LogP contribution in [0.15, 0.2) is 41.9 Å². The third-order valence-corrected chi connectivity index (χ3v) is 11.8. The van der Waals surface area contributed by atoms with Gasteiger partial charge in [0.15, 0.2) is 5.67 Å².